The number of hydrogen-bond donors (Lipinski definition) is 2. The Hall–Kier alpha value is -1.07. The molecular weight excluding hydrogens is 306 g/mol. The van der Waals surface area contributed by atoms with E-state index in [9.17, 15) is 4.79 Å². The van der Waals surface area contributed by atoms with E-state index in [1.54, 1.807) is 0 Å². The van der Waals surface area contributed by atoms with Gasteiger partial charge < -0.3 is 16.0 Å². The molecule has 0 spiro atoms. The number of anilines is 1. The molecule has 0 saturated carbocycles. The quantitative estimate of drug-likeness (QED) is 0.871. The SMILES string of the molecule is Cc1ccc(N2C(CN)C(=O)NCC2(C)C)c(Br)c1. The molecule has 0 aromatic heterocycles. The van der Waals surface area contributed by atoms with Gasteiger partial charge in [0.15, 0.2) is 0 Å². The number of benzene rings is 1. The smallest absolute Gasteiger partial charge is 0.244 e. The number of aryl methyl sites for hydroxylation is 1. The van der Waals surface area contributed by atoms with Crippen LogP contribution in [0.2, 0.25) is 0 Å². The highest BCUT2D eigenvalue weighted by atomic mass is 79.9. The molecule has 4 nitrogen and oxygen atoms in total. The second-order valence-electron chi connectivity index (χ2n) is 5.61. The number of rotatable bonds is 2. The number of nitrogens with two attached hydrogens (primary N) is 1. The van der Waals surface area contributed by atoms with Gasteiger partial charge in [-0.2, -0.15) is 0 Å². The molecule has 1 unspecified atom stereocenters. The van der Waals surface area contributed by atoms with Crippen molar-refractivity contribution in [1.29, 1.82) is 0 Å². The van der Waals surface area contributed by atoms with E-state index in [1.807, 2.05) is 13.0 Å². The lowest BCUT2D eigenvalue weighted by molar-refractivity contribution is -0.124. The van der Waals surface area contributed by atoms with Gasteiger partial charge in [0.25, 0.3) is 0 Å². The summed E-state index contributed by atoms with van der Waals surface area (Å²) in [6, 6.07) is 5.83. The van der Waals surface area contributed by atoms with Crippen LogP contribution < -0.4 is 16.0 Å². The van der Waals surface area contributed by atoms with E-state index in [4.69, 9.17) is 5.73 Å². The van der Waals surface area contributed by atoms with Gasteiger partial charge in [0, 0.05) is 17.6 Å². The number of amides is 1. The van der Waals surface area contributed by atoms with Gasteiger partial charge in [0.2, 0.25) is 5.91 Å². The molecule has 0 bridgehead atoms. The topological polar surface area (TPSA) is 58.4 Å². The van der Waals surface area contributed by atoms with Crippen LogP contribution in [0.3, 0.4) is 0 Å². The molecule has 1 aliphatic heterocycles. The minimum absolute atomic E-state index is 0.00528. The van der Waals surface area contributed by atoms with Crippen molar-refractivity contribution in [2.24, 2.45) is 5.73 Å². The van der Waals surface area contributed by atoms with Gasteiger partial charge in [0.05, 0.1) is 11.2 Å². The molecule has 1 amide bonds. The van der Waals surface area contributed by atoms with Crippen LogP contribution in [0.15, 0.2) is 22.7 Å². The Labute approximate surface area is 122 Å². The molecule has 1 heterocycles. The Morgan fingerprint density at radius 1 is 1.53 bits per heavy atom. The van der Waals surface area contributed by atoms with Crippen molar-refractivity contribution in [1.82, 2.24) is 5.32 Å². The summed E-state index contributed by atoms with van der Waals surface area (Å²) in [6.07, 6.45) is 0. The van der Waals surface area contributed by atoms with Gasteiger partial charge >= 0.3 is 0 Å². The maximum Gasteiger partial charge on any atom is 0.244 e. The van der Waals surface area contributed by atoms with Crippen LogP contribution in [0.25, 0.3) is 0 Å². The van der Waals surface area contributed by atoms with E-state index in [0.717, 1.165) is 10.2 Å². The Balaban J connectivity index is 2.50. The van der Waals surface area contributed by atoms with E-state index in [1.165, 1.54) is 5.56 Å². The van der Waals surface area contributed by atoms with Crippen molar-refractivity contribution < 1.29 is 4.79 Å². The zero-order chi connectivity index (χ0) is 14.2. The van der Waals surface area contributed by atoms with Crippen LogP contribution in [0, 0.1) is 6.92 Å². The summed E-state index contributed by atoms with van der Waals surface area (Å²) in [6.45, 7) is 7.18. The fraction of sp³-hybridized carbons (Fsp3) is 0.500. The first kappa shape index (κ1) is 14.3. The van der Waals surface area contributed by atoms with E-state index >= 15 is 0 Å². The van der Waals surface area contributed by atoms with E-state index < -0.39 is 0 Å². The second kappa shape index (κ2) is 5.13. The predicted molar refractivity (Wildman–Crippen MR) is 81.3 cm³/mol. The summed E-state index contributed by atoms with van der Waals surface area (Å²) in [7, 11) is 0. The third-order valence-corrected chi connectivity index (χ3v) is 4.18. The Morgan fingerprint density at radius 2 is 2.21 bits per heavy atom. The molecule has 1 atom stereocenters. The van der Waals surface area contributed by atoms with Gasteiger partial charge in [-0.15, -0.1) is 0 Å². The van der Waals surface area contributed by atoms with Crippen molar-refractivity contribution >= 4 is 27.5 Å². The van der Waals surface area contributed by atoms with Crippen LogP contribution in [-0.4, -0.2) is 30.6 Å². The average Bonchev–Trinajstić information content (AvgIpc) is 2.33. The first-order chi connectivity index (χ1) is 8.86. The highest BCUT2D eigenvalue weighted by Gasteiger charge is 2.41. The van der Waals surface area contributed by atoms with Crippen molar-refractivity contribution in [2.75, 3.05) is 18.0 Å². The fourth-order valence-corrected chi connectivity index (χ4v) is 3.24. The summed E-state index contributed by atoms with van der Waals surface area (Å²) in [4.78, 5) is 14.1. The molecule has 2 rings (SSSR count). The molecular formula is C14H20BrN3O. The first-order valence-electron chi connectivity index (χ1n) is 6.40. The second-order valence-corrected chi connectivity index (χ2v) is 6.46. The van der Waals surface area contributed by atoms with E-state index in [-0.39, 0.29) is 17.5 Å². The van der Waals surface area contributed by atoms with Crippen molar-refractivity contribution in [3.63, 3.8) is 0 Å². The number of nitrogens with one attached hydrogen (secondary N) is 1. The standard InChI is InChI=1S/C14H20BrN3O/c1-9-4-5-11(10(15)6-9)18-12(7-16)13(19)17-8-14(18,2)3/h4-6,12H,7-8,16H2,1-3H3,(H,17,19). The molecule has 0 aliphatic carbocycles. The van der Waals surface area contributed by atoms with Gasteiger partial charge in [0.1, 0.15) is 6.04 Å². The van der Waals surface area contributed by atoms with Crippen LogP contribution in [0.4, 0.5) is 5.69 Å². The summed E-state index contributed by atoms with van der Waals surface area (Å²) in [5, 5.41) is 2.93. The highest BCUT2D eigenvalue weighted by Crippen LogP contribution is 2.35. The molecule has 3 N–H and O–H groups in total. The number of piperazine rings is 1. The molecule has 1 aromatic rings. The monoisotopic (exact) mass is 325 g/mol. The third-order valence-electron chi connectivity index (χ3n) is 3.55. The molecule has 1 saturated heterocycles. The Bertz CT molecular complexity index is 501. The fourth-order valence-electron chi connectivity index (χ4n) is 2.56. The minimum Gasteiger partial charge on any atom is -0.352 e. The van der Waals surface area contributed by atoms with Gasteiger partial charge in [-0.1, -0.05) is 6.07 Å². The first-order valence-corrected chi connectivity index (χ1v) is 7.19. The van der Waals surface area contributed by atoms with Crippen molar-refractivity contribution in [2.45, 2.75) is 32.4 Å². The highest BCUT2D eigenvalue weighted by molar-refractivity contribution is 9.10. The van der Waals surface area contributed by atoms with Gasteiger partial charge in [-0.3, -0.25) is 4.79 Å². The molecule has 104 valence electrons. The average molecular weight is 326 g/mol. The number of carbonyl (C=O) groups excluding carboxylic acids is 1. The number of hydrogen-bond acceptors (Lipinski definition) is 3. The Kier molecular flexibility index (Phi) is 3.87. The van der Waals surface area contributed by atoms with Crippen LogP contribution >= 0.6 is 15.9 Å². The van der Waals surface area contributed by atoms with E-state index in [0.29, 0.717) is 13.1 Å². The van der Waals surface area contributed by atoms with Gasteiger partial charge in [-0.25, -0.2) is 0 Å². The zero-order valence-electron chi connectivity index (χ0n) is 11.5. The van der Waals surface area contributed by atoms with Gasteiger partial charge in [-0.05, 0) is 54.4 Å². The minimum atomic E-state index is -0.331. The predicted octanol–water partition coefficient (Wildman–Crippen LogP) is 1.80. The Morgan fingerprint density at radius 3 is 2.79 bits per heavy atom. The summed E-state index contributed by atoms with van der Waals surface area (Å²) < 4.78 is 0.994. The van der Waals surface area contributed by atoms with Crippen molar-refractivity contribution in [3.05, 3.63) is 28.2 Å². The summed E-state index contributed by atoms with van der Waals surface area (Å²) >= 11 is 3.60. The lowest BCUT2D eigenvalue weighted by atomic mass is 9.94. The maximum atomic E-state index is 12.0. The van der Waals surface area contributed by atoms with Crippen LogP contribution in [-0.2, 0) is 4.79 Å². The molecule has 1 fully saturated rings. The summed E-state index contributed by atoms with van der Waals surface area (Å²) in [5.41, 5.74) is 7.83. The summed E-state index contributed by atoms with van der Waals surface area (Å²) in [5.74, 6) is -0.00528. The number of halogens is 1. The largest absolute Gasteiger partial charge is 0.352 e. The molecule has 0 radical (unpaired) electrons. The van der Waals surface area contributed by atoms with Crippen LogP contribution in [0.5, 0.6) is 0 Å². The van der Waals surface area contributed by atoms with E-state index in [2.05, 4.69) is 52.1 Å². The van der Waals surface area contributed by atoms with Crippen LogP contribution in [0.1, 0.15) is 19.4 Å². The lowest BCUT2D eigenvalue weighted by Gasteiger charge is -2.48. The number of nitrogens with zero attached hydrogens (tertiary/aromatic N) is 1. The molecule has 1 aliphatic rings. The third kappa shape index (κ3) is 2.62. The lowest BCUT2D eigenvalue weighted by Crippen LogP contribution is -2.67. The normalized spacial score (nSPS) is 22.3. The maximum absolute atomic E-state index is 12.0. The zero-order valence-corrected chi connectivity index (χ0v) is 13.1. The molecule has 1 aromatic carbocycles. The molecule has 19 heavy (non-hydrogen) atoms. The van der Waals surface area contributed by atoms with Crippen molar-refractivity contribution in [3.8, 4) is 0 Å². The molecule has 5 heteroatoms. The number of carbonyl (C=O) groups is 1.